The number of imidazole rings is 1. The molecule has 1 aliphatic heterocycles. The van der Waals surface area contributed by atoms with Gasteiger partial charge in [0.2, 0.25) is 0 Å². The fraction of sp³-hybridized carbons (Fsp3) is 0.161. The lowest BCUT2D eigenvalue weighted by Gasteiger charge is -2.38. The Kier molecular flexibility index (Phi) is 4.91. The van der Waals surface area contributed by atoms with E-state index in [0.717, 1.165) is 69.7 Å². The Morgan fingerprint density at radius 3 is 2.54 bits per heavy atom. The van der Waals surface area contributed by atoms with E-state index in [1.807, 2.05) is 42.6 Å². The average Bonchev–Trinajstić information content (AvgIpc) is 3.26. The first-order chi connectivity index (χ1) is 18.1. The van der Waals surface area contributed by atoms with Crippen molar-refractivity contribution in [3.63, 3.8) is 0 Å². The highest BCUT2D eigenvalue weighted by atomic mass is 16.5. The maximum atomic E-state index is 6.65. The van der Waals surface area contributed by atoms with Crippen LogP contribution in [-0.4, -0.2) is 21.6 Å². The van der Waals surface area contributed by atoms with Crippen LogP contribution < -0.4 is 15.8 Å². The fourth-order valence-corrected chi connectivity index (χ4v) is 5.47. The number of rotatable bonds is 4. The lowest BCUT2D eigenvalue weighted by Crippen LogP contribution is -2.43. The highest BCUT2D eigenvalue weighted by Gasteiger charge is 2.34. The minimum Gasteiger partial charge on any atom is -0.497 e. The molecule has 0 spiro atoms. The van der Waals surface area contributed by atoms with E-state index in [1.165, 1.54) is 12.0 Å². The Hall–Kier alpha value is -4.42. The summed E-state index contributed by atoms with van der Waals surface area (Å²) in [5.41, 5.74) is 14.5. The lowest BCUT2D eigenvalue weighted by atomic mass is 9.72. The van der Waals surface area contributed by atoms with Gasteiger partial charge in [-0.05, 0) is 61.2 Å². The molecule has 0 saturated heterocycles. The molecule has 7 rings (SSSR count). The van der Waals surface area contributed by atoms with E-state index < -0.39 is 0 Å². The van der Waals surface area contributed by atoms with E-state index in [2.05, 4.69) is 58.4 Å². The van der Waals surface area contributed by atoms with E-state index in [0.29, 0.717) is 0 Å². The van der Waals surface area contributed by atoms with Gasteiger partial charge >= 0.3 is 0 Å². The van der Waals surface area contributed by atoms with Gasteiger partial charge in [-0.25, -0.2) is 9.97 Å². The highest BCUT2D eigenvalue weighted by molar-refractivity contribution is 5.91. The van der Waals surface area contributed by atoms with Gasteiger partial charge in [-0.2, -0.15) is 0 Å². The molecule has 2 aromatic heterocycles. The molecule has 3 aromatic carbocycles. The third-order valence-electron chi connectivity index (χ3n) is 7.65. The smallest absolute Gasteiger partial charge is 0.154 e. The molecule has 182 valence electrons. The third kappa shape index (κ3) is 3.44. The minimum absolute atomic E-state index is 0.206. The van der Waals surface area contributed by atoms with Gasteiger partial charge in [0.1, 0.15) is 11.6 Å². The number of methoxy groups -OCH3 is 1. The molecule has 2 aliphatic rings. The first kappa shape index (κ1) is 21.8. The number of hydrogen-bond acceptors (Lipinski definition) is 5. The Bertz CT molecular complexity index is 1630. The Labute approximate surface area is 215 Å². The number of ether oxygens (including phenoxy) is 1. The van der Waals surface area contributed by atoms with Crippen LogP contribution in [0.15, 0.2) is 91.1 Å². The van der Waals surface area contributed by atoms with Gasteiger partial charge in [0, 0.05) is 28.4 Å². The molecule has 37 heavy (non-hydrogen) atoms. The molecule has 0 radical (unpaired) electrons. The van der Waals surface area contributed by atoms with Crippen LogP contribution >= 0.6 is 0 Å². The summed E-state index contributed by atoms with van der Waals surface area (Å²) in [4.78, 5) is 9.98. The third-order valence-corrected chi connectivity index (χ3v) is 7.65. The normalized spacial score (nSPS) is 14.9. The predicted octanol–water partition coefficient (Wildman–Crippen LogP) is 6.67. The molecule has 5 aromatic rings. The molecule has 3 heterocycles. The molecule has 6 nitrogen and oxygen atoms in total. The topological polar surface area (TPSA) is 78.0 Å². The largest absolute Gasteiger partial charge is 0.497 e. The zero-order valence-corrected chi connectivity index (χ0v) is 20.6. The quantitative estimate of drug-likeness (QED) is 0.291. The van der Waals surface area contributed by atoms with Crippen molar-refractivity contribution in [1.29, 1.82) is 0 Å². The predicted molar refractivity (Wildman–Crippen MR) is 147 cm³/mol. The molecule has 1 fully saturated rings. The van der Waals surface area contributed by atoms with Crippen molar-refractivity contribution in [2.24, 2.45) is 5.73 Å². The van der Waals surface area contributed by atoms with Crippen LogP contribution in [0.4, 0.5) is 11.5 Å². The van der Waals surface area contributed by atoms with Crippen LogP contribution in [0.2, 0.25) is 0 Å². The number of nitrogens with zero attached hydrogens (tertiary/aromatic N) is 3. The molecule has 0 atom stereocenters. The van der Waals surface area contributed by atoms with Gasteiger partial charge in [0.15, 0.2) is 5.82 Å². The Morgan fingerprint density at radius 1 is 0.919 bits per heavy atom. The number of pyridine rings is 1. The van der Waals surface area contributed by atoms with Crippen LogP contribution in [0, 0.1) is 0 Å². The van der Waals surface area contributed by atoms with E-state index in [-0.39, 0.29) is 5.54 Å². The summed E-state index contributed by atoms with van der Waals surface area (Å²) in [7, 11) is 1.69. The van der Waals surface area contributed by atoms with Gasteiger partial charge in [0.05, 0.1) is 29.9 Å². The monoisotopic (exact) mass is 485 g/mol. The molecule has 6 heteroatoms. The van der Waals surface area contributed by atoms with Crippen LogP contribution in [-0.2, 0) is 5.54 Å². The Balaban J connectivity index is 1.53. The van der Waals surface area contributed by atoms with Gasteiger partial charge in [-0.1, -0.05) is 48.5 Å². The van der Waals surface area contributed by atoms with E-state index in [1.54, 1.807) is 7.11 Å². The summed E-state index contributed by atoms with van der Waals surface area (Å²) in [5.74, 6) is 2.44. The van der Waals surface area contributed by atoms with Gasteiger partial charge in [-0.3, -0.25) is 4.57 Å². The summed E-state index contributed by atoms with van der Waals surface area (Å²) in [6, 6.07) is 29.1. The first-order valence-electron chi connectivity index (χ1n) is 12.6. The molecule has 1 aliphatic carbocycles. The van der Waals surface area contributed by atoms with Crippen LogP contribution in [0.3, 0.4) is 0 Å². The van der Waals surface area contributed by atoms with Crippen molar-refractivity contribution in [3.8, 4) is 45.3 Å². The average molecular weight is 486 g/mol. The molecule has 0 unspecified atom stereocenters. The molecule has 0 bridgehead atoms. The minimum atomic E-state index is -0.206. The molecular weight excluding hydrogens is 458 g/mol. The van der Waals surface area contributed by atoms with Gasteiger partial charge in [-0.15, -0.1) is 0 Å². The summed E-state index contributed by atoms with van der Waals surface area (Å²) >= 11 is 0. The number of anilines is 2. The van der Waals surface area contributed by atoms with Crippen molar-refractivity contribution in [3.05, 3.63) is 96.7 Å². The van der Waals surface area contributed by atoms with Crippen molar-refractivity contribution in [1.82, 2.24) is 14.5 Å². The number of nitrogens with one attached hydrogen (secondary N) is 1. The van der Waals surface area contributed by atoms with Crippen molar-refractivity contribution in [2.75, 3.05) is 12.4 Å². The number of fused-ring (bicyclic) bond motifs is 5. The lowest BCUT2D eigenvalue weighted by molar-refractivity contribution is 0.253. The maximum Gasteiger partial charge on any atom is 0.154 e. The molecule has 1 saturated carbocycles. The van der Waals surface area contributed by atoms with Gasteiger partial charge < -0.3 is 15.8 Å². The zero-order chi connectivity index (χ0) is 25.0. The van der Waals surface area contributed by atoms with E-state index in [4.69, 9.17) is 20.4 Å². The standard InChI is InChI=1S/C31H27N5O/c1-37-23-8-4-7-21(19-23)27-28(20-12-14-22(15-13-20)31(32)16-6-17-31)36-26-11-5-18-33-29(26)34-25-10-3-2-9-24(25)30(36)35-27/h2-5,7-15,18-19H,6,16-17,32H2,1H3,(H,33,34). The number of hydrogen-bond donors (Lipinski definition) is 2. The number of aromatic nitrogens is 3. The highest BCUT2D eigenvalue weighted by Crippen LogP contribution is 2.45. The summed E-state index contributed by atoms with van der Waals surface area (Å²) < 4.78 is 7.79. The first-order valence-corrected chi connectivity index (χ1v) is 12.6. The summed E-state index contributed by atoms with van der Waals surface area (Å²) in [6.45, 7) is 0. The van der Waals surface area contributed by atoms with Crippen molar-refractivity contribution < 1.29 is 4.74 Å². The second-order valence-electron chi connectivity index (χ2n) is 9.83. The molecular formula is C31H27N5O. The SMILES string of the molecule is COc1cccc(-c2nc3n(c2-c2ccc(C4(N)CCC4)cc2)-c2cccnc2Nc2ccccc2-3)c1. The molecule has 0 amide bonds. The van der Waals surface area contributed by atoms with Crippen LogP contribution in [0.1, 0.15) is 24.8 Å². The second-order valence-corrected chi connectivity index (χ2v) is 9.83. The van der Waals surface area contributed by atoms with E-state index >= 15 is 0 Å². The molecule has 3 N–H and O–H groups in total. The number of benzene rings is 3. The van der Waals surface area contributed by atoms with E-state index in [9.17, 15) is 0 Å². The fourth-order valence-electron chi connectivity index (χ4n) is 5.47. The van der Waals surface area contributed by atoms with Gasteiger partial charge in [0.25, 0.3) is 0 Å². The van der Waals surface area contributed by atoms with Crippen molar-refractivity contribution in [2.45, 2.75) is 24.8 Å². The van der Waals surface area contributed by atoms with Crippen LogP contribution in [0.5, 0.6) is 5.75 Å². The maximum absolute atomic E-state index is 6.65. The number of nitrogens with two attached hydrogens (primary N) is 1. The van der Waals surface area contributed by atoms with Crippen molar-refractivity contribution >= 4 is 11.5 Å². The summed E-state index contributed by atoms with van der Waals surface area (Å²) in [6.07, 6.45) is 5.06. The second kappa shape index (κ2) is 8.32. The zero-order valence-electron chi connectivity index (χ0n) is 20.6. The van der Waals surface area contributed by atoms with Crippen LogP contribution in [0.25, 0.3) is 39.6 Å². The number of para-hydroxylation sites is 1. The summed E-state index contributed by atoms with van der Waals surface area (Å²) in [5, 5.41) is 3.53. The Morgan fingerprint density at radius 2 is 1.76 bits per heavy atom.